The van der Waals surface area contributed by atoms with Gasteiger partial charge in [-0.2, -0.15) is 0 Å². The summed E-state index contributed by atoms with van der Waals surface area (Å²) in [5.41, 5.74) is 0.467. The third-order valence-electron chi connectivity index (χ3n) is 12.5. The van der Waals surface area contributed by atoms with Gasteiger partial charge in [-0.25, -0.2) is 0 Å². The molecule has 1 heterocycles. The first-order chi connectivity index (χ1) is 17.8. The van der Waals surface area contributed by atoms with Crippen molar-refractivity contribution < 1.29 is 14.7 Å². The molecule has 1 aliphatic heterocycles. The number of hydrogen-bond donors (Lipinski definition) is 1. The summed E-state index contributed by atoms with van der Waals surface area (Å²) in [4.78, 5) is 26.9. The fourth-order valence-corrected chi connectivity index (χ4v) is 10.2. The minimum atomic E-state index is -0.112. The summed E-state index contributed by atoms with van der Waals surface area (Å²) in [6, 6.07) is 0. The van der Waals surface area contributed by atoms with Gasteiger partial charge in [0.25, 0.3) is 0 Å². The van der Waals surface area contributed by atoms with Crippen LogP contribution in [0.3, 0.4) is 0 Å². The van der Waals surface area contributed by atoms with Crippen LogP contribution in [-0.2, 0) is 9.59 Å². The third kappa shape index (κ3) is 5.57. The average molecular weight is 514 g/mol. The molecule has 3 unspecified atom stereocenters. The maximum Gasteiger partial charge on any atom is 0.222 e. The molecule has 0 radical (unpaired) electrons. The van der Waals surface area contributed by atoms with Crippen LogP contribution in [0.25, 0.3) is 0 Å². The lowest BCUT2D eigenvalue weighted by atomic mass is 9.42. The van der Waals surface area contributed by atoms with E-state index in [9.17, 15) is 14.7 Å². The van der Waals surface area contributed by atoms with Crippen molar-refractivity contribution >= 4 is 11.7 Å². The zero-order valence-corrected chi connectivity index (χ0v) is 24.0. The molecule has 210 valence electrons. The fraction of sp³-hybridized carbons (Fsp3) is 0.939. The number of Topliss-reactive ketones (excluding diaryl/α,β-unsaturated/α-hetero) is 1. The quantitative estimate of drug-likeness (QED) is 0.329. The topological polar surface area (TPSA) is 57.6 Å². The highest BCUT2D eigenvalue weighted by atomic mass is 16.3. The monoisotopic (exact) mass is 513 g/mol. The summed E-state index contributed by atoms with van der Waals surface area (Å²) in [6.45, 7) is 6.91. The second-order valence-electron chi connectivity index (χ2n) is 14.5. The van der Waals surface area contributed by atoms with Crippen molar-refractivity contribution in [3.8, 4) is 0 Å². The maximum atomic E-state index is 12.5. The van der Waals surface area contributed by atoms with E-state index in [1.807, 2.05) is 0 Å². The number of carbonyl (C=O) groups excluding carboxylic acids is 2. The molecule has 0 bridgehead atoms. The Hall–Kier alpha value is -0.900. The van der Waals surface area contributed by atoms with E-state index in [2.05, 4.69) is 18.7 Å². The number of aliphatic hydroxyl groups excluding tert-OH is 1. The van der Waals surface area contributed by atoms with Crippen LogP contribution >= 0.6 is 0 Å². The predicted octanol–water partition coefficient (Wildman–Crippen LogP) is 7.32. The molecule has 37 heavy (non-hydrogen) atoms. The van der Waals surface area contributed by atoms with Crippen LogP contribution in [0, 0.1) is 40.4 Å². The van der Waals surface area contributed by atoms with Gasteiger partial charge in [-0.3, -0.25) is 9.59 Å². The Morgan fingerprint density at radius 2 is 1.59 bits per heavy atom. The van der Waals surface area contributed by atoms with Crippen LogP contribution in [0.1, 0.15) is 136 Å². The van der Waals surface area contributed by atoms with Gasteiger partial charge in [0.15, 0.2) is 0 Å². The molecule has 0 spiro atoms. The van der Waals surface area contributed by atoms with E-state index in [0.717, 1.165) is 69.4 Å². The second kappa shape index (κ2) is 11.7. The molecule has 0 aromatic rings. The number of carbonyl (C=O) groups is 2. The molecular formula is C33H55NO3. The van der Waals surface area contributed by atoms with Gasteiger partial charge in [-0.05, 0) is 105 Å². The van der Waals surface area contributed by atoms with Crippen molar-refractivity contribution in [2.45, 2.75) is 142 Å². The number of nitrogens with zero attached hydrogens (tertiary/aromatic N) is 1. The van der Waals surface area contributed by atoms with Crippen LogP contribution in [0.5, 0.6) is 0 Å². The molecule has 4 saturated carbocycles. The number of amides is 1. The van der Waals surface area contributed by atoms with Crippen LogP contribution in [0.15, 0.2) is 0 Å². The average Bonchev–Trinajstić information content (AvgIpc) is 3.20. The van der Waals surface area contributed by atoms with E-state index in [1.165, 1.54) is 83.5 Å². The van der Waals surface area contributed by atoms with Gasteiger partial charge in [0.1, 0.15) is 5.78 Å². The summed E-state index contributed by atoms with van der Waals surface area (Å²) in [5, 5.41) is 10.9. The number of unbranched alkanes of at least 4 members (excludes halogenated alkanes) is 5. The van der Waals surface area contributed by atoms with Crippen LogP contribution in [0.4, 0.5) is 0 Å². The lowest BCUT2D eigenvalue weighted by molar-refractivity contribution is -0.156. The largest absolute Gasteiger partial charge is 0.393 e. The van der Waals surface area contributed by atoms with Crippen molar-refractivity contribution in [2.75, 3.05) is 13.1 Å². The van der Waals surface area contributed by atoms with Gasteiger partial charge in [0.05, 0.1) is 6.10 Å². The first-order valence-corrected chi connectivity index (χ1v) is 16.3. The lowest BCUT2D eigenvalue weighted by Crippen LogP contribution is -2.57. The van der Waals surface area contributed by atoms with E-state index in [-0.39, 0.29) is 11.5 Å². The van der Waals surface area contributed by atoms with Crippen molar-refractivity contribution in [3.05, 3.63) is 0 Å². The molecule has 1 amide bonds. The molecule has 1 saturated heterocycles. The second-order valence-corrected chi connectivity index (χ2v) is 14.5. The molecule has 1 N–H and O–H groups in total. The zero-order chi connectivity index (χ0) is 26.0. The number of likely N-dealkylation sites (tertiary alicyclic amines) is 1. The first-order valence-electron chi connectivity index (χ1n) is 16.3. The molecule has 0 aromatic heterocycles. The fourth-order valence-electron chi connectivity index (χ4n) is 10.2. The minimum absolute atomic E-state index is 0.112. The molecule has 5 aliphatic rings. The Bertz CT molecular complexity index is 805. The predicted molar refractivity (Wildman–Crippen MR) is 149 cm³/mol. The Balaban J connectivity index is 1.11. The smallest absolute Gasteiger partial charge is 0.222 e. The van der Waals surface area contributed by atoms with E-state index >= 15 is 0 Å². The Labute approximate surface area is 226 Å². The number of hydrogen-bond acceptors (Lipinski definition) is 3. The van der Waals surface area contributed by atoms with Gasteiger partial charge >= 0.3 is 0 Å². The van der Waals surface area contributed by atoms with E-state index in [0.29, 0.717) is 28.9 Å². The molecule has 4 heteroatoms. The molecule has 8 atom stereocenters. The van der Waals surface area contributed by atoms with E-state index in [4.69, 9.17) is 0 Å². The highest BCUT2D eigenvalue weighted by Crippen LogP contribution is 2.67. The molecule has 4 aliphatic carbocycles. The van der Waals surface area contributed by atoms with E-state index < -0.39 is 0 Å². The van der Waals surface area contributed by atoms with Crippen molar-refractivity contribution in [2.24, 2.45) is 40.4 Å². The third-order valence-corrected chi connectivity index (χ3v) is 12.5. The number of fused-ring (bicyclic) bond motifs is 5. The van der Waals surface area contributed by atoms with Gasteiger partial charge in [-0.15, -0.1) is 0 Å². The van der Waals surface area contributed by atoms with Crippen LogP contribution in [0.2, 0.25) is 0 Å². The molecule has 5 fully saturated rings. The number of ketones is 1. The van der Waals surface area contributed by atoms with Crippen molar-refractivity contribution in [1.29, 1.82) is 0 Å². The van der Waals surface area contributed by atoms with E-state index in [1.54, 1.807) is 0 Å². The molecular weight excluding hydrogens is 458 g/mol. The van der Waals surface area contributed by atoms with Crippen LogP contribution < -0.4 is 0 Å². The summed E-state index contributed by atoms with van der Waals surface area (Å²) in [7, 11) is 0. The highest BCUT2D eigenvalue weighted by Gasteiger charge is 2.62. The zero-order valence-electron chi connectivity index (χ0n) is 24.0. The molecule has 0 aromatic carbocycles. The molecule has 5 rings (SSSR count). The first kappa shape index (κ1) is 27.7. The normalized spacial score (nSPS) is 41.7. The van der Waals surface area contributed by atoms with Crippen molar-refractivity contribution in [1.82, 2.24) is 4.90 Å². The number of rotatable bonds is 9. The maximum absolute atomic E-state index is 12.5. The summed E-state index contributed by atoms with van der Waals surface area (Å²) in [6.07, 6.45) is 21.7. The molecule has 4 nitrogen and oxygen atoms in total. The van der Waals surface area contributed by atoms with Crippen LogP contribution in [-0.4, -0.2) is 40.9 Å². The summed E-state index contributed by atoms with van der Waals surface area (Å²) >= 11 is 0. The number of piperidine rings is 1. The number of aliphatic hydroxyl groups is 1. The Kier molecular flexibility index (Phi) is 8.74. The van der Waals surface area contributed by atoms with Gasteiger partial charge in [0, 0.05) is 32.4 Å². The standard InChI is InChI=1S/C33H55NO3/c1-32-18-16-26(35)23-25(32)22-24(31-27-14-15-29(36)33(27,2)19-17-28(31)32)12-8-5-3-4-6-9-13-30(37)34-20-10-7-11-21-34/h24-25,27-29,31,36H,3-23H2,1-2H3/t24?,25?,27-,28+,29?,31-,32-,33-/m0/s1. The highest BCUT2D eigenvalue weighted by molar-refractivity contribution is 5.79. The lowest BCUT2D eigenvalue weighted by Gasteiger charge is -2.62. The van der Waals surface area contributed by atoms with Gasteiger partial charge in [-0.1, -0.05) is 52.4 Å². The Morgan fingerprint density at radius 1 is 0.892 bits per heavy atom. The van der Waals surface area contributed by atoms with Gasteiger partial charge < -0.3 is 10.0 Å². The van der Waals surface area contributed by atoms with Gasteiger partial charge in [0.2, 0.25) is 5.91 Å². The summed E-state index contributed by atoms with van der Waals surface area (Å²) in [5.74, 6) is 4.42. The SMILES string of the molecule is C[C@]12CCC(=O)CC1CC(CCCCCCCCC(=O)N1CCCCC1)[C@@H]1[C@H]2CC[C@]2(C)C(O)CC[C@@H]12. The van der Waals surface area contributed by atoms with Crippen molar-refractivity contribution in [3.63, 3.8) is 0 Å². The minimum Gasteiger partial charge on any atom is -0.393 e. The summed E-state index contributed by atoms with van der Waals surface area (Å²) < 4.78 is 0. The Morgan fingerprint density at radius 3 is 2.38 bits per heavy atom.